The molecule has 8 heteroatoms. The topological polar surface area (TPSA) is 78.9 Å². The molecule has 0 saturated carbocycles. The Hall–Kier alpha value is -3.26. The third-order valence-electron chi connectivity index (χ3n) is 7.13. The van der Waals surface area contributed by atoms with Crippen molar-refractivity contribution in [2.75, 3.05) is 19.6 Å². The van der Waals surface area contributed by atoms with Gasteiger partial charge in [0.2, 0.25) is 0 Å². The van der Waals surface area contributed by atoms with E-state index in [0.717, 1.165) is 48.6 Å². The van der Waals surface area contributed by atoms with Crippen molar-refractivity contribution in [3.63, 3.8) is 0 Å². The summed E-state index contributed by atoms with van der Waals surface area (Å²) in [5.74, 6) is -1.77. The Balaban J connectivity index is 1.46. The minimum atomic E-state index is -1.02. The van der Waals surface area contributed by atoms with Crippen molar-refractivity contribution in [3.05, 3.63) is 94.3 Å². The van der Waals surface area contributed by atoms with Crippen LogP contribution in [0.4, 0.5) is 9.18 Å². The van der Waals surface area contributed by atoms with Gasteiger partial charge in [0.05, 0.1) is 11.7 Å². The lowest BCUT2D eigenvalue weighted by Crippen LogP contribution is -2.49. The van der Waals surface area contributed by atoms with E-state index < -0.39 is 24.0 Å². The number of nitrogens with one attached hydrogen (secondary N) is 1. The van der Waals surface area contributed by atoms with E-state index in [-0.39, 0.29) is 18.2 Å². The van der Waals surface area contributed by atoms with E-state index in [0.29, 0.717) is 24.4 Å². The molecule has 3 aromatic rings. The van der Waals surface area contributed by atoms with Crippen LogP contribution in [0.3, 0.4) is 0 Å². The van der Waals surface area contributed by atoms with Crippen LogP contribution in [0, 0.1) is 5.82 Å². The fourth-order valence-electron chi connectivity index (χ4n) is 5.02. The van der Waals surface area contributed by atoms with Crippen molar-refractivity contribution in [2.24, 2.45) is 0 Å². The first kappa shape index (κ1) is 28.7. The number of hydrogen-bond donors (Lipinski definition) is 2. The maximum Gasteiger partial charge on any atom is 0.418 e. The SMILES string of the molecule is CCc1cccc(-c2c(Cl)cccc2C(O)CCCN(C(=O)OC(=O)c2ccccc2F)C2CCCNC2)c1. The Morgan fingerprint density at radius 2 is 1.95 bits per heavy atom. The number of piperidine rings is 1. The number of ether oxygens (including phenoxy) is 1. The third-order valence-corrected chi connectivity index (χ3v) is 7.44. The number of carbonyl (C=O) groups is 2. The zero-order chi connectivity index (χ0) is 27.8. The molecule has 0 aliphatic carbocycles. The molecule has 1 aliphatic heterocycles. The molecule has 0 spiro atoms. The molecule has 1 aliphatic rings. The molecule has 206 valence electrons. The highest BCUT2D eigenvalue weighted by atomic mass is 35.5. The van der Waals surface area contributed by atoms with Gasteiger partial charge in [0.15, 0.2) is 0 Å². The lowest BCUT2D eigenvalue weighted by Gasteiger charge is -2.34. The average Bonchev–Trinajstić information content (AvgIpc) is 2.95. The number of carbonyl (C=O) groups excluding carboxylic acids is 2. The lowest BCUT2D eigenvalue weighted by atomic mass is 9.93. The number of amides is 1. The molecule has 0 radical (unpaired) electrons. The van der Waals surface area contributed by atoms with Gasteiger partial charge >= 0.3 is 12.1 Å². The molecule has 1 amide bonds. The van der Waals surface area contributed by atoms with Crippen LogP contribution >= 0.6 is 11.6 Å². The number of halogens is 2. The van der Waals surface area contributed by atoms with Crippen LogP contribution in [0.25, 0.3) is 11.1 Å². The van der Waals surface area contributed by atoms with Gasteiger partial charge in [-0.15, -0.1) is 0 Å². The van der Waals surface area contributed by atoms with Gasteiger partial charge in [-0.1, -0.05) is 67.1 Å². The van der Waals surface area contributed by atoms with Crippen LogP contribution in [0.15, 0.2) is 66.7 Å². The second-order valence-corrected chi connectivity index (χ2v) is 10.2. The monoisotopic (exact) mass is 552 g/mol. The highest BCUT2D eigenvalue weighted by Crippen LogP contribution is 2.36. The van der Waals surface area contributed by atoms with Crippen molar-refractivity contribution < 1.29 is 23.8 Å². The van der Waals surface area contributed by atoms with Crippen LogP contribution in [0.1, 0.15) is 60.2 Å². The van der Waals surface area contributed by atoms with Gasteiger partial charge in [0, 0.05) is 29.7 Å². The van der Waals surface area contributed by atoms with Crippen LogP contribution in [-0.2, 0) is 11.2 Å². The van der Waals surface area contributed by atoms with Gasteiger partial charge in [0.1, 0.15) is 5.82 Å². The summed E-state index contributed by atoms with van der Waals surface area (Å²) in [4.78, 5) is 27.1. The van der Waals surface area contributed by atoms with Crippen LogP contribution in [0.5, 0.6) is 0 Å². The van der Waals surface area contributed by atoms with Crippen molar-refractivity contribution in [3.8, 4) is 11.1 Å². The molecule has 6 nitrogen and oxygen atoms in total. The number of nitrogens with zero attached hydrogens (tertiary/aromatic N) is 1. The van der Waals surface area contributed by atoms with Gasteiger partial charge in [-0.3, -0.25) is 0 Å². The first-order valence-electron chi connectivity index (χ1n) is 13.4. The van der Waals surface area contributed by atoms with Crippen molar-refractivity contribution in [1.29, 1.82) is 0 Å². The summed E-state index contributed by atoms with van der Waals surface area (Å²) in [6, 6.07) is 18.8. The summed E-state index contributed by atoms with van der Waals surface area (Å²) >= 11 is 6.60. The molecule has 0 bridgehead atoms. The Morgan fingerprint density at radius 1 is 1.15 bits per heavy atom. The summed E-state index contributed by atoms with van der Waals surface area (Å²) in [5, 5.41) is 15.0. The Bertz CT molecular complexity index is 1300. The lowest BCUT2D eigenvalue weighted by molar-refractivity contribution is 0.0473. The van der Waals surface area contributed by atoms with E-state index >= 15 is 0 Å². The molecule has 2 atom stereocenters. The van der Waals surface area contributed by atoms with E-state index in [1.807, 2.05) is 30.3 Å². The van der Waals surface area contributed by atoms with Gasteiger partial charge < -0.3 is 20.1 Å². The third kappa shape index (κ3) is 7.24. The summed E-state index contributed by atoms with van der Waals surface area (Å²) in [6.45, 7) is 3.78. The maximum absolute atomic E-state index is 14.1. The standard InChI is InChI=1S/C31H34ClFN2O4/c1-2-21-9-5-10-22(19-21)29-25(13-6-14-26(29)32)28(36)16-8-18-35(23-11-7-17-34-20-23)31(38)39-30(37)24-12-3-4-15-27(24)33/h3-6,9-10,12-15,19,23,28,34,36H,2,7-8,11,16-18,20H2,1H3. The first-order valence-corrected chi connectivity index (χ1v) is 13.8. The van der Waals surface area contributed by atoms with Crippen LogP contribution in [0.2, 0.25) is 5.02 Å². The second kappa shape index (κ2) is 13.7. The molecular formula is C31H34ClFN2O4. The summed E-state index contributed by atoms with van der Waals surface area (Å²) < 4.78 is 19.1. The van der Waals surface area contributed by atoms with E-state index in [1.54, 1.807) is 0 Å². The molecule has 1 saturated heterocycles. The number of aliphatic hydroxyl groups excluding tert-OH is 1. The van der Waals surface area contributed by atoms with E-state index in [2.05, 4.69) is 24.4 Å². The Labute approximate surface area is 233 Å². The van der Waals surface area contributed by atoms with E-state index in [9.17, 15) is 19.1 Å². The largest absolute Gasteiger partial charge is 0.418 e. The first-order chi connectivity index (χ1) is 18.9. The zero-order valence-corrected chi connectivity index (χ0v) is 22.8. The average molecular weight is 553 g/mol. The van der Waals surface area contributed by atoms with Crippen molar-refractivity contribution >= 4 is 23.7 Å². The molecular weight excluding hydrogens is 519 g/mol. The molecule has 39 heavy (non-hydrogen) atoms. The van der Waals surface area contributed by atoms with Crippen molar-refractivity contribution in [2.45, 2.75) is 51.2 Å². The minimum Gasteiger partial charge on any atom is -0.388 e. The van der Waals surface area contributed by atoms with Gasteiger partial charge in [0.25, 0.3) is 0 Å². The molecule has 2 unspecified atom stereocenters. The zero-order valence-electron chi connectivity index (χ0n) is 22.0. The second-order valence-electron chi connectivity index (χ2n) is 9.74. The summed E-state index contributed by atoms with van der Waals surface area (Å²) in [6.07, 6.45) is 1.72. The Morgan fingerprint density at radius 3 is 2.69 bits per heavy atom. The Kier molecular flexibility index (Phi) is 10.1. The fourth-order valence-corrected chi connectivity index (χ4v) is 5.31. The molecule has 0 aromatic heterocycles. The molecule has 4 rings (SSSR count). The molecule has 1 heterocycles. The fraction of sp³-hybridized carbons (Fsp3) is 0.355. The van der Waals surface area contributed by atoms with E-state index in [4.69, 9.17) is 16.3 Å². The molecule has 3 aromatic carbocycles. The van der Waals surface area contributed by atoms with Crippen LogP contribution in [-0.4, -0.2) is 47.7 Å². The molecule has 1 fully saturated rings. The smallest absolute Gasteiger partial charge is 0.388 e. The van der Waals surface area contributed by atoms with Gasteiger partial charge in [-0.05, 0) is 73.5 Å². The number of esters is 1. The van der Waals surface area contributed by atoms with Crippen molar-refractivity contribution in [1.82, 2.24) is 10.2 Å². The highest BCUT2D eigenvalue weighted by molar-refractivity contribution is 6.33. The summed E-state index contributed by atoms with van der Waals surface area (Å²) in [7, 11) is 0. The number of aliphatic hydroxyl groups is 1. The predicted octanol–water partition coefficient (Wildman–Crippen LogP) is 6.55. The van der Waals surface area contributed by atoms with Crippen LogP contribution < -0.4 is 5.32 Å². The summed E-state index contributed by atoms with van der Waals surface area (Å²) in [5.41, 5.74) is 3.35. The van der Waals surface area contributed by atoms with E-state index in [1.165, 1.54) is 28.7 Å². The van der Waals surface area contributed by atoms with Gasteiger partial charge in [-0.2, -0.15) is 0 Å². The number of aryl methyl sites for hydroxylation is 1. The number of rotatable bonds is 9. The predicted molar refractivity (Wildman–Crippen MR) is 150 cm³/mol. The van der Waals surface area contributed by atoms with Gasteiger partial charge in [-0.25, -0.2) is 14.0 Å². The highest BCUT2D eigenvalue weighted by Gasteiger charge is 2.29. The maximum atomic E-state index is 14.1. The molecule has 2 N–H and O–H groups in total. The minimum absolute atomic E-state index is 0.171. The normalized spacial score (nSPS) is 15.9. The number of hydrogen-bond acceptors (Lipinski definition) is 5. The quantitative estimate of drug-likeness (QED) is 0.232. The number of benzene rings is 3.